The number of rotatable bonds is 3. The van der Waals surface area contributed by atoms with Crippen LogP contribution in [0.25, 0.3) is 22.0 Å². The van der Waals surface area contributed by atoms with Crippen LogP contribution >= 0.6 is 0 Å². The van der Waals surface area contributed by atoms with Crippen LogP contribution in [0.2, 0.25) is 0 Å². The Labute approximate surface area is 127 Å². The monoisotopic (exact) mass is 296 g/mol. The molecule has 4 N–H and O–H groups in total. The molecule has 22 heavy (non-hydrogen) atoms. The third-order valence-corrected chi connectivity index (χ3v) is 3.58. The Balaban J connectivity index is 1.98. The molecule has 6 heteroatoms. The molecule has 0 aliphatic heterocycles. The van der Waals surface area contributed by atoms with Crippen molar-refractivity contribution < 1.29 is 9.90 Å². The molecule has 0 aliphatic carbocycles. The van der Waals surface area contributed by atoms with E-state index >= 15 is 0 Å². The second kappa shape index (κ2) is 5.40. The minimum absolute atomic E-state index is 0.278. The molecule has 1 amide bonds. The van der Waals surface area contributed by atoms with Gasteiger partial charge in [0.15, 0.2) is 5.82 Å². The zero-order valence-corrected chi connectivity index (χ0v) is 12.1. The van der Waals surface area contributed by atoms with E-state index in [0.717, 1.165) is 27.6 Å². The van der Waals surface area contributed by atoms with Gasteiger partial charge in [0.1, 0.15) is 0 Å². The SMILES string of the molecule is Cn1nc(N)c2cc(-c3cccc(CNC(=O)O)c3)ccc21. The quantitative estimate of drug-likeness (QED) is 0.692. The number of hydrogen-bond acceptors (Lipinski definition) is 3. The van der Waals surface area contributed by atoms with Crippen molar-refractivity contribution in [2.45, 2.75) is 6.54 Å². The van der Waals surface area contributed by atoms with Crippen molar-refractivity contribution in [3.8, 4) is 11.1 Å². The largest absolute Gasteiger partial charge is 0.465 e. The van der Waals surface area contributed by atoms with Crippen LogP contribution in [0.5, 0.6) is 0 Å². The lowest BCUT2D eigenvalue weighted by Crippen LogP contribution is -2.19. The maximum Gasteiger partial charge on any atom is 0.404 e. The number of nitrogens with one attached hydrogen (secondary N) is 1. The van der Waals surface area contributed by atoms with Crippen molar-refractivity contribution in [1.82, 2.24) is 15.1 Å². The highest BCUT2D eigenvalue weighted by molar-refractivity contribution is 5.92. The van der Waals surface area contributed by atoms with E-state index in [1.165, 1.54) is 0 Å². The molecular formula is C16H16N4O2. The molecule has 1 aromatic heterocycles. The van der Waals surface area contributed by atoms with E-state index in [4.69, 9.17) is 10.8 Å². The fourth-order valence-electron chi connectivity index (χ4n) is 2.51. The Bertz CT molecular complexity index is 854. The maximum atomic E-state index is 10.6. The van der Waals surface area contributed by atoms with Crippen LogP contribution in [-0.2, 0) is 13.6 Å². The molecule has 0 saturated carbocycles. The number of carboxylic acid groups (broad SMARTS) is 1. The summed E-state index contributed by atoms with van der Waals surface area (Å²) < 4.78 is 1.75. The number of carbonyl (C=O) groups is 1. The number of nitrogen functional groups attached to an aromatic ring is 1. The number of nitrogens with zero attached hydrogens (tertiary/aromatic N) is 2. The first-order valence-electron chi connectivity index (χ1n) is 6.83. The standard InChI is InChI=1S/C16H16N4O2/c1-20-14-6-5-12(8-13(14)15(17)19-20)11-4-2-3-10(7-11)9-18-16(21)22/h2-8,18H,9H2,1H3,(H2,17,19)(H,21,22). The number of amides is 1. The van der Waals surface area contributed by atoms with Gasteiger partial charge in [-0.15, -0.1) is 0 Å². The Kier molecular flexibility index (Phi) is 3.42. The molecule has 3 rings (SSSR count). The van der Waals surface area contributed by atoms with Crippen LogP contribution in [0.1, 0.15) is 5.56 Å². The summed E-state index contributed by atoms with van der Waals surface area (Å²) in [5.41, 5.74) is 9.83. The lowest BCUT2D eigenvalue weighted by Gasteiger charge is -2.06. The molecule has 0 atom stereocenters. The fraction of sp³-hybridized carbons (Fsp3) is 0.125. The van der Waals surface area contributed by atoms with E-state index in [0.29, 0.717) is 5.82 Å². The highest BCUT2D eigenvalue weighted by Crippen LogP contribution is 2.27. The number of aryl methyl sites for hydroxylation is 1. The highest BCUT2D eigenvalue weighted by Gasteiger charge is 2.08. The van der Waals surface area contributed by atoms with E-state index in [2.05, 4.69) is 10.4 Å². The number of nitrogens with two attached hydrogens (primary N) is 1. The average molecular weight is 296 g/mol. The molecule has 0 bridgehead atoms. The van der Waals surface area contributed by atoms with Crippen LogP contribution in [0, 0.1) is 0 Å². The van der Waals surface area contributed by atoms with E-state index < -0.39 is 6.09 Å². The smallest absolute Gasteiger partial charge is 0.404 e. The van der Waals surface area contributed by atoms with Gasteiger partial charge < -0.3 is 16.2 Å². The zero-order valence-electron chi connectivity index (χ0n) is 12.1. The summed E-state index contributed by atoms with van der Waals surface area (Å²) in [4.78, 5) is 10.6. The van der Waals surface area contributed by atoms with Crippen molar-refractivity contribution in [3.05, 3.63) is 48.0 Å². The van der Waals surface area contributed by atoms with Gasteiger partial charge >= 0.3 is 6.09 Å². The first-order chi connectivity index (χ1) is 10.5. The number of aromatic nitrogens is 2. The van der Waals surface area contributed by atoms with Crippen molar-refractivity contribution in [3.63, 3.8) is 0 Å². The Hall–Kier alpha value is -3.02. The van der Waals surface area contributed by atoms with Crippen molar-refractivity contribution in [1.29, 1.82) is 0 Å². The topological polar surface area (TPSA) is 93.2 Å². The van der Waals surface area contributed by atoms with Crippen LogP contribution in [-0.4, -0.2) is 21.0 Å². The van der Waals surface area contributed by atoms with E-state index in [1.54, 1.807) is 4.68 Å². The summed E-state index contributed by atoms with van der Waals surface area (Å²) in [6, 6.07) is 13.7. The summed E-state index contributed by atoms with van der Waals surface area (Å²) >= 11 is 0. The summed E-state index contributed by atoms with van der Waals surface area (Å²) in [6.07, 6.45) is -1.03. The predicted molar refractivity (Wildman–Crippen MR) is 85.4 cm³/mol. The van der Waals surface area contributed by atoms with Crippen LogP contribution in [0.15, 0.2) is 42.5 Å². The van der Waals surface area contributed by atoms with Gasteiger partial charge in [0.25, 0.3) is 0 Å². The minimum atomic E-state index is -1.03. The van der Waals surface area contributed by atoms with Crippen molar-refractivity contribution >= 4 is 22.8 Å². The molecule has 1 heterocycles. The Morgan fingerprint density at radius 1 is 1.27 bits per heavy atom. The fourth-order valence-corrected chi connectivity index (χ4v) is 2.51. The van der Waals surface area contributed by atoms with E-state index in [1.807, 2.05) is 49.5 Å². The average Bonchev–Trinajstić information content (AvgIpc) is 2.80. The zero-order chi connectivity index (χ0) is 15.7. The Morgan fingerprint density at radius 3 is 2.82 bits per heavy atom. The molecule has 2 aromatic carbocycles. The maximum absolute atomic E-state index is 10.6. The summed E-state index contributed by atoms with van der Waals surface area (Å²) in [6.45, 7) is 0.278. The molecule has 0 radical (unpaired) electrons. The van der Waals surface area contributed by atoms with Gasteiger partial charge in [0.05, 0.1) is 5.52 Å². The molecule has 0 unspecified atom stereocenters. The van der Waals surface area contributed by atoms with Gasteiger partial charge in [-0.25, -0.2) is 4.79 Å². The summed E-state index contributed by atoms with van der Waals surface area (Å²) in [7, 11) is 1.86. The van der Waals surface area contributed by atoms with Crippen LogP contribution < -0.4 is 11.1 Å². The van der Waals surface area contributed by atoms with Crippen molar-refractivity contribution in [2.24, 2.45) is 7.05 Å². The third kappa shape index (κ3) is 2.58. The molecule has 6 nitrogen and oxygen atoms in total. The molecule has 112 valence electrons. The highest BCUT2D eigenvalue weighted by atomic mass is 16.4. The number of benzene rings is 2. The van der Waals surface area contributed by atoms with Crippen LogP contribution in [0.3, 0.4) is 0 Å². The number of fused-ring (bicyclic) bond motifs is 1. The van der Waals surface area contributed by atoms with Gasteiger partial charge in [-0.1, -0.05) is 24.3 Å². The first-order valence-corrected chi connectivity index (χ1v) is 6.83. The van der Waals surface area contributed by atoms with E-state index in [9.17, 15) is 4.79 Å². The molecular weight excluding hydrogens is 280 g/mol. The first kappa shape index (κ1) is 13.9. The summed E-state index contributed by atoms with van der Waals surface area (Å²) in [5.74, 6) is 0.503. The van der Waals surface area contributed by atoms with E-state index in [-0.39, 0.29) is 6.54 Å². The lowest BCUT2D eigenvalue weighted by molar-refractivity contribution is 0.194. The molecule has 0 fully saturated rings. The van der Waals surface area contributed by atoms with Crippen molar-refractivity contribution in [2.75, 3.05) is 5.73 Å². The van der Waals surface area contributed by atoms with Gasteiger partial charge in [-0.3, -0.25) is 4.68 Å². The third-order valence-electron chi connectivity index (χ3n) is 3.58. The minimum Gasteiger partial charge on any atom is -0.465 e. The summed E-state index contributed by atoms with van der Waals surface area (Å²) in [5, 5.41) is 16.2. The number of anilines is 1. The predicted octanol–water partition coefficient (Wildman–Crippen LogP) is 2.59. The molecule has 3 aromatic rings. The van der Waals surface area contributed by atoms with Gasteiger partial charge in [0, 0.05) is 19.0 Å². The van der Waals surface area contributed by atoms with Gasteiger partial charge in [-0.2, -0.15) is 5.10 Å². The lowest BCUT2D eigenvalue weighted by atomic mass is 10.0. The normalized spacial score (nSPS) is 10.8. The Morgan fingerprint density at radius 2 is 2.05 bits per heavy atom. The second-order valence-corrected chi connectivity index (χ2v) is 5.10. The number of hydrogen-bond donors (Lipinski definition) is 3. The van der Waals surface area contributed by atoms with Gasteiger partial charge in [-0.05, 0) is 34.9 Å². The van der Waals surface area contributed by atoms with Crippen LogP contribution in [0.4, 0.5) is 10.6 Å². The van der Waals surface area contributed by atoms with Gasteiger partial charge in [0.2, 0.25) is 0 Å². The second-order valence-electron chi connectivity index (χ2n) is 5.10. The molecule has 0 saturated heterocycles. The molecule has 0 aliphatic rings. The molecule has 0 spiro atoms.